The third-order valence-electron chi connectivity index (χ3n) is 6.39. The van der Waals surface area contributed by atoms with Gasteiger partial charge in [-0.25, -0.2) is 13.4 Å². The number of nitrogens with zero attached hydrogens (tertiary/aromatic N) is 3. The summed E-state index contributed by atoms with van der Waals surface area (Å²) in [5, 5.41) is 11.0. The van der Waals surface area contributed by atoms with Gasteiger partial charge < -0.3 is 29.6 Å². The van der Waals surface area contributed by atoms with Gasteiger partial charge in [-0.1, -0.05) is 26.0 Å². The second kappa shape index (κ2) is 14.5. The number of esters is 1. The van der Waals surface area contributed by atoms with Gasteiger partial charge in [0, 0.05) is 18.0 Å². The molecule has 0 fully saturated rings. The van der Waals surface area contributed by atoms with Crippen LogP contribution in [0.3, 0.4) is 0 Å². The minimum absolute atomic E-state index is 0.0117. The Hall–Kier alpha value is -3.88. The Labute approximate surface area is 255 Å². The summed E-state index contributed by atoms with van der Waals surface area (Å²) in [7, 11) is -4.01. The number of hydrogen-bond acceptors (Lipinski definition) is 10. The lowest BCUT2D eigenvalue weighted by atomic mass is 10.1. The summed E-state index contributed by atoms with van der Waals surface area (Å²) >= 11 is 1.59. The van der Waals surface area contributed by atoms with E-state index in [9.17, 15) is 13.2 Å². The van der Waals surface area contributed by atoms with Crippen LogP contribution in [0.2, 0.25) is 0 Å². The predicted octanol–water partition coefficient (Wildman–Crippen LogP) is 3.73. The molecule has 3 N–H and O–H groups in total. The number of thiazole rings is 1. The van der Waals surface area contributed by atoms with Gasteiger partial charge in [0.05, 0.1) is 28.9 Å². The molecule has 0 bridgehead atoms. The molecule has 2 aromatic carbocycles. The summed E-state index contributed by atoms with van der Waals surface area (Å²) in [5.41, 5.74) is 7.71. The Morgan fingerprint density at radius 3 is 2.58 bits per heavy atom. The van der Waals surface area contributed by atoms with E-state index in [0.717, 1.165) is 22.0 Å². The number of benzene rings is 2. The molecule has 1 aromatic heterocycles. The van der Waals surface area contributed by atoms with Gasteiger partial charge in [0.25, 0.3) is 0 Å². The smallest absolute Gasteiger partial charge is 0.325 e. The van der Waals surface area contributed by atoms with Crippen LogP contribution >= 0.6 is 11.3 Å². The van der Waals surface area contributed by atoms with Crippen molar-refractivity contribution < 1.29 is 32.2 Å². The van der Waals surface area contributed by atoms with Gasteiger partial charge in [0.15, 0.2) is 17.5 Å². The monoisotopic (exact) mass is 631 g/mol. The van der Waals surface area contributed by atoms with Crippen LogP contribution in [0.4, 0.5) is 0 Å². The summed E-state index contributed by atoms with van der Waals surface area (Å²) < 4.78 is 50.1. The summed E-state index contributed by atoms with van der Waals surface area (Å²) in [6.07, 6.45) is 1.27. The second-order valence-corrected chi connectivity index (χ2v) is 13.4. The molecule has 0 saturated carbocycles. The molecule has 2 heterocycles. The molecule has 0 saturated heterocycles. The van der Waals surface area contributed by atoms with E-state index >= 15 is 0 Å². The molecule has 14 heteroatoms. The fourth-order valence-electron chi connectivity index (χ4n) is 4.28. The first-order chi connectivity index (χ1) is 20.5. The van der Waals surface area contributed by atoms with Gasteiger partial charge in [-0.2, -0.15) is 4.31 Å². The summed E-state index contributed by atoms with van der Waals surface area (Å²) in [4.78, 5) is 18.2. The number of aromatic nitrogens is 1. The average Bonchev–Trinajstić information content (AvgIpc) is 3.61. The van der Waals surface area contributed by atoms with E-state index in [-0.39, 0.29) is 44.0 Å². The van der Waals surface area contributed by atoms with Crippen molar-refractivity contribution in [3.8, 4) is 17.2 Å². The molecule has 0 spiro atoms. The van der Waals surface area contributed by atoms with Crippen molar-refractivity contribution in [1.82, 2.24) is 14.2 Å². The van der Waals surface area contributed by atoms with Crippen LogP contribution in [0.25, 0.3) is 0 Å². The lowest BCUT2D eigenvalue weighted by Crippen LogP contribution is -2.49. The molecule has 0 amide bonds. The largest absolute Gasteiger partial charge is 0.487 e. The highest BCUT2D eigenvalue weighted by molar-refractivity contribution is 7.89. The van der Waals surface area contributed by atoms with Crippen molar-refractivity contribution in [3.05, 3.63) is 64.1 Å². The molecule has 0 aliphatic carbocycles. The number of fused-ring (bicyclic) bond motifs is 1. The van der Waals surface area contributed by atoms with Crippen molar-refractivity contribution in [3.63, 3.8) is 0 Å². The fraction of sp³-hybridized carbons (Fsp3) is 0.414. The Bertz CT molecular complexity index is 1510. The number of sulfonamides is 1. The molecule has 1 aliphatic heterocycles. The number of ether oxygens (including phenoxy) is 4. The van der Waals surface area contributed by atoms with E-state index in [1.807, 2.05) is 50.4 Å². The van der Waals surface area contributed by atoms with E-state index in [1.165, 1.54) is 27.4 Å². The van der Waals surface area contributed by atoms with Crippen LogP contribution in [0.5, 0.6) is 17.2 Å². The molecule has 1 aliphatic rings. The molecule has 0 atom stereocenters. The van der Waals surface area contributed by atoms with Gasteiger partial charge in [0.1, 0.15) is 18.9 Å². The molecule has 3 aromatic rings. The highest BCUT2D eigenvalue weighted by Crippen LogP contribution is 2.34. The SMILES string of the molecule is Cc1nc(COc2ccc(CCCOC(=O)CN(CN(CC(C)C)S(=O)(=O)c3ccc4c(c3)OCO4)C(=N)N)cc2)cs1. The number of aryl methyl sites for hydroxylation is 2. The highest BCUT2D eigenvalue weighted by Gasteiger charge is 2.30. The number of nitrogens with one attached hydrogen (secondary N) is 1. The topological polar surface area (TPSA) is 157 Å². The molecular formula is C29H37N5O7S2. The quantitative estimate of drug-likeness (QED) is 0.0833. The Kier molecular flexibility index (Phi) is 10.8. The van der Waals surface area contributed by atoms with E-state index < -0.39 is 22.0 Å². The van der Waals surface area contributed by atoms with Crippen LogP contribution < -0.4 is 19.9 Å². The van der Waals surface area contributed by atoms with Crippen molar-refractivity contribution in [1.29, 1.82) is 5.41 Å². The number of rotatable bonds is 15. The molecule has 43 heavy (non-hydrogen) atoms. The van der Waals surface area contributed by atoms with Crippen molar-refractivity contribution in [2.24, 2.45) is 11.7 Å². The normalized spacial score (nSPS) is 12.5. The lowest BCUT2D eigenvalue weighted by Gasteiger charge is -2.30. The number of nitrogens with two attached hydrogens (primary N) is 1. The number of carbonyl (C=O) groups excluding carboxylic acids is 1. The third kappa shape index (κ3) is 9.05. The van der Waals surface area contributed by atoms with Gasteiger partial charge in [-0.3, -0.25) is 10.2 Å². The zero-order valence-electron chi connectivity index (χ0n) is 24.4. The van der Waals surface area contributed by atoms with E-state index in [4.69, 9.17) is 30.1 Å². The lowest BCUT2D eigenvalue weighted by molar-refractivity contribution is -0.144. The fourth-order valence-corrected chi connectivity index (χ4v) is 6.45. The Balaban J connectivity index is 1.27. The van der Waals surface area contributed by atoms with Crippen molar-refractivity contribution >= 4 is 33.3 Å². The maximum absolute atomic E-state index is 13.5. The van der Waals surface area contributed by atoms with Crippen molar-refractivity contribution in [2.45, 2.75) is 45.1 Å². The van der Waals surface area contributed by atoms with Crippen LogP contribution in [0.15, 0.2) is 52.7 Å². The Morgan fingerprint density at radius 2 is 1.91 bits per heavy atom. The zero-order chi connectivity index (χ0) is 31.0. The molecular weight excluding hydrogens is 594 g/mol. The van der Waals surface area contributed by atoms with E-state index in [1.54, 1.807) is 11.3 Å². The molecule has 232 valence electrons. The first kappa shape index (κ1) is 32.0. The maximum atomic E-state index is 13.5. The Morgan fingerprint density at radius 1 is 1.16 bits per heavy atom. The molecule has 12 nitrogen and oxygen atoms in total. The first-order valence-electron chi connectivity index (χ1n) is 13.8. The van der Waals surface area contributed by atoms with Gasteiger partial charge in [-0.05, 0) is 55.5 Å². The van der Waals surface area contributed by atoms with Crippen LogP contribution in [0.1, 0.15) is 36.5 Å². The third-order valence-corrected chi connectivity index (χ3v) is 9.01. The highest BCUT2D eigenvalue weighted by atomic mass is 32.2. The van der Waals surface area contributed by atoms with Crippen molar-refractivity contribution in [2.75, 3.05) is 33.2 Å². The molecule has 0 unspecified atom stereocenters. The summed E-state index contributed by atoms with van der Waals surface area (Å²) in [6, 6.07) is 12.1. The van der Waals surface area contributed by atoms with Gasteiger partial charge in [0.2, 0.25) is 16.8 Å². The van der Waals surface area contributed by atoms with Crippen LogP contribution in [0, 0.1) is 18.3 Å². The standard InChI is InChI=1S/C29H37N5O7S2/c1-20(2)14-34(43(36,37)25-10-11-26-27(13-25)41-19-40-26)18-33(29(30)31)15-28(35)38-12-4-5-22-6-8-24(9-7-22)39-16-23-17-42-21(3)32-23/h6-11,13,17,20H,4-5,12,14-16,18-19H2,1-3H3,(H3,30,31). The van der Waals surface area contributed by atoms with Crippen LogP contribution in [-0.2, 0) is 32.6 Å². The van der Waals surface area contributed by atoms with Gasteiger partial charge >= 0.3 is 5.97 Å². The number of carbonyl (C=O) groups is 1. The van der Waals surface area contributed by atoms with E-state index in [0.29, 0.717) is 30.9 Å². The van der Waals surface area contributed by atoms with E-state index in [2.05, 4.69) is 4.98 Å². The van der Waals surface area contributed by atoms with Crippen LogP contribution in [-0.4, -0.2) is 67.7 Å². The minimum atomic E-state index is -4.01. The first-order valence-corrected chi connectivity index (χ1v) is 16.1. The average molecular weight is 632 g/mol. The maximum Gasteiger partial charge on any atom is 0.325 e. The predicted molar refractivity (Wildman–Crippen MR) is 162 cm³/mol. The molecule has 4 rings (SSSR count). The summed E-state index contributed by atoms with van der Waals surface area (Å²) in [6.45, 7) is 5.78. The number of guanidine groups is 1. The zero-order valence-corrected chi connectivity index (χ0v) is 26.1. The summed E-state index contributed by atoms with van der Waals surface area (Å²) in [5.74, 6) is 0.458. The number of hydrogen-bond donors (Lipinski definition) is 2. The molecule has 0 radical (unpaired) electrons. The van der Waals surface area contributed by atoms with Gasteiger partial charge in [-0.15, -0.1) is 11.3 Å². The minimum Gasteiger partial charge on any atom is -0.487 e. The second-order valence-electron chi connectivity index (χ2n) is 10.4.